The number of fused-ring (bicyclic) bond motifs is 12. The number of benzene rings is 6. The smallest absolute Gasteiger partial charge is 0.328 e. The number of furan rings is 1. The molecule has 190 valence electrons. The van der Waals surface area contributed by atoms with Crippen molar-refractivity contribution in [3.63, 3.8) is 0 Å². The van der Waals surface area contributed by atoms with Crippen LogP contribution in [0.5, 0.6) is 0 Å². The lowest BCUT2D eigenvalue weighted by Crippen LogP contribution is -2.58. The molecule has 1 aliphatic heterocycles. The first-order valence-corrected chi connectivity index (χ1v) is 14.4. The molecule has 0 saturated carbocycles. The van der Waals surface area contributed by atoms with E-state index in [2.05, 4.69) is 139 Å². The molecule has 0 spiro atoms. The van der Waals surface area contributed by atoms with Crippen molar-refractivity contribution < 1.29 is 4.42 Å². The summed E-state index contributed by atoms with van der Waals surface area (Å²) in [6.45, 7) is 2.43. The van der Waals surface area contributed by atoms with Crippen LogP contribution in [-0.2, 0) is 5.41 Å². The first-order valence-electron chi connectivity index (χ1n) is 14.4. The van der Waals surface area contributed by atoms with E-state index in [0.717, 1.165) is 27.5 Å². The standard InChI is InChI=1S/C38H24BNO/c1-38-29-15-5-2-11-23(29)26-14-10-18-32(35(26)38)39(31-17-7-6-16-30(31)38)40-33-19-8-3-12-24(33)27-21-22-28-25-13-4-9-20-34(25)41-37(28)36(27)40/h2-22H,1H3. The van der Waals surface area contributed by atoms with Crippen molar-refractivity contribution in [2.45, 2.75) is 12.3 Å². The highest BCUT2D eigenvalue weighted by atomic mass is 16.3. The molecule has 1 atom stereocenters. The Kier molecular flexibility index (Phi) is 3.92. The number of rotatable bonds is 1. The van der Waals surface area contributed by atoms with E-state index >= 15 is 0 Å². The summed E-state index contributed by atoms with van der Waals surface area (Å²) in [5.74, 6) is 0. The van der Waals surface area contributed by atoms with Crippen LogP contribution < -0.4 is 10.9 Å². The molecule has 2 aliphatic rings. The lowest BCUT2D eigenvalue weighted by Gasteiger charge is -2.39. The monoisotopic (exact) mass is 521 g/mol. The van der Waals surface area contributed by atoms with Gasteiger partial charge in [0.05, 0.1) is 5.52 Å². The lowest BCUT2D eigenvalue weighted by molar-refractivity contribution is 0.671. The van der Waals surface area contributed by atoms with Gasteiger partial charge in [-0.1, -0.05) is 109 Å². The second kappa shape index (κ2) is 7.38. The van der Waals surface area contributed by atoms with Crippen LogP contribution in [0.25, 0.3) is 54.9 Å². The highest BCUT2D eigenvalue weighted by Gasteiger charge is 2.50. The molecule has 0 saturated heterocycles. The van der Waals surface area contributed by atoms with E-state index in [1.54, 1.807) is 0 Å². The zero-order chi connectivity index (χ0) is 26.9. The zero-order valence-corrected chi connectivity index (χ0v) is 22.6. The maximum atomic E-state index is 6.71. The van der Waals surface area contributed by atoms with Gasteiger partial charge in [0.25, 0.3) is 0 Å². The zero-order valence-electron chi connectivity index (χ0n) is 22.6. The van der Waals surface area contributed by atoms with Crippen molar-refractivity contribution in [2.24, 2.45) is 0 Å². The van der Waals surface area contributed by atoms with Crippen LogP contribution in [0.4, 0.5) is 0 Å². The van der Waals surface area contributed by atoms with E-state index in [0.29, 0.717) is 0 Å². The van der Waals surface area contributed by atoms with Gasteiger partial charge in [-0.25, -0.2) is 0 Å². The Balaban J connectivity index is 1.42. The third-order valence-electron chi connectivity index (χ3n) is 9.91. The predicted octanol–water partition coefficient (Wildman–Crippen LogP) is 8.00. The molecule has 10 rings (SSSR count). The predicted molar refractivity (Wildman–Crippen MR) is 171 cm³/mol. The lowest BCUT2D eigenvalue weighted by atomic mass is 9.41. The molecular weight excluding hydrogens is 497 g/mol. The van der Waals surface area contributed by atoms with E-state index < -0.39 is 0 Å². The van der Waals surface area contributed by atoms with Gasteiger partial charge in [0.15, 0.2) is 5.58 Å². The normalized spacial score (nSPS) is 17.0. The van der Waals surface area contributed by atoms with Gasteiger partial charge in [-0.3, -0.25) is 0 Å². The summed E-state index contributed by atoms with van der Waals surface area (Å²) >= 11 is 0. The van der Waals surface area contributed by atoms with Crippen LogP contribution in [-0.4, -0.2) is 11.3 Å². The number of hydrogen-bond acceptors (Lipinski definition) is 1. The maximum absolute atomic E-state index is 6.71. The summed E-state index contributed by atoms with van der Waals surface area (Å²) < 4.78 is 9.29. The second-order valence-corrected chi connectivity index (χ2v) is 11.8. The first-order chi connectivity index (χ1) is 20.2. The molecule has 0 amide bonds. The summed E-state index contributed by atoms with van der Waals surface area (Å²) in [6.07, 6.45) is 0. The molecule has 2 aromatic heterocycles. The fourth-order valence-electron chi connectivity index (χ4n) is 8.32. The van der Waals surface area contributed by atoms with Crippen LogP contribution in [0, 0.1) is 0 Å². The fraction of sp³-hybridized carbons (Fsp3) is 0.0526. The van der Waals surface area contributed by atoms with Crippen LogP contribution in [0.1, 0.15) is 23.6 Å². The van der Waals surface area contributed by atoms with Crippen LogP contribution in [0.15, 0.2) is 132 Å². The topological polar surface area (TPSA) is 18.1 Å². The molecule has 1 unspecified atom stereocenters. The summed E-state index contributed by atoms with van der Waals surface area (Å²) in [7, 11) is 0. The average molecular weight is 521 g/mol. The van der Waals surface area contributed by atoms with Crippen molar-refractivity contribution in [2.75, 3.05) is 0 Å². The molecule has 0 N–H and O–H groups in total. The Hall–Kier alpha value is -5.02. The molecule has 3 heterocycles. The van der Waals surface area contributed by atoms with Crippen molar-refractivity contribution in [3.8, 4) is 11.1 Å². The molecular formula is C38H24BNO. The van der Waals surface area contributed by atoms with E-state index in [-0.39, 0.29) is 12.3 Å². The van der Waals surface area contributed by atoms with Gasteiger partial charge in [0.1, 0.15) is 5.58 Å². The molecule has 0 fully saturated rings. The molecule has 41 heavy (non-hydrogen) atoms. The third kappa shape index (κ3) is 2.48. The van der Waals surface area contributed by atoms with Crippen molar-refractivity contribution in [3.05, 3.63) is 144 Å². The van der Waals surface area contributed by atoms with Crippen LogP contribution in [0.2, 0.25) is 0 Å². The Labute approximate surface area is 237 Å². The highest BCUT2D eigenvalue weighted by molar-refractivity contribution is 6.86. The van der Waals surface area contributed by atoms with Gasteiger partial charge < -0.3 is 8.90 Å². The van der Waals surface area contributed by atoms with Gasteiger partial charge in [-0.05, 0) is 63.9 Å². The summed E-state index contributed by atoms with van der Waals surface area (Å²) in [4.78, 5) is 0. The Morgan fingerprint density at radius 1 is 0.561 bits per heavy atom. The minimum Gasteiger partial charge on any atom is -0.454 e. The van der Waals surface area contributed by atoms with Crippen LogP contribution in [0.3, 0.4) is 0 Å². The van der Waals surface area contributed by atoms with E-state index in [4.69, 9.17) is 4.42 Å². The van der Waals surface area contributed by atoms with Gasteiger partial charge in [-0.15, -0.1) is 0 Å². The van der Waals surface area contributed by atoms with Gasteiger partial charge in [0.2, 0.25) is 0 Å². The maximum Gasteiger partial charge on any atom is 0.328 e. The quantitative estimate of drug-likeness (QED) is 0.200. The highest BCUT2D eigenvalue weighted by Crippen LogP contribution is 2.53. The third-order valence-corrected chi connectivity index (χ3v) is 9.91. The molecule has 6 aromatic carbocycles. The van der Waals surface area contributed by atoms with Crippen LogP contribution >= 0.6 is 0 Å². The second-order valence-electron chi connectivity index (χ2n) is 11.8. The Morgan fingerprint density at radius 2 is 1.24 bits per heavy atom. The van der Waals surface area contributed by atoms with Gasteiger partial charge in [-0.2, -0.15) is 0 Å². The summed E-state index contributed by atoms with van der Waals surface area (Å²) in [6, 6.07) is 46.8. The van der Waals surface area contributed by atoms with Gasteiger partial charge in [0, 0.05) is 32.5 Å². The van der Waals surface area contributed by atoms with Crippen molar-refractivity contribution in [1.29, 1.82) is 0 Å². The molecule has 0 radical (unpaired) electrons. The Morgan fingerprint density at radius 3 is 2.17 bits per heavy atom. The summed E-state index contributed by atoms with van der Waals surface area (Å²) in [5, 5.41) is 4.81. The van der Waals surface area contributed by atoms with Crippen molar-refractivity contribution in [1.82, 2.24) is 4.48 Å². The number of nitrogens with zero attached hydrogens (tertiary/aromatic N) is 1. The first kappa shape index (κ1) is 21.8. The largest absolute Gasteiger partial charge is 0.454 e. The minimum absolute atomic E-state index is 0.00440. The SMILES string of the molecule is CC12c3ccccc3B(n3c4ccccc4c4ccc5c6ccccc6oc5c43)c3cccc(c31)-c1ccccc12. The number of para-hydroxylation sites is 2. The molecule has 3 heteroatoms. The fourth-order valence-corrected chi connectivity index (χ4v) is 8.32. The molecule has 2 nitrogen and oxygen atoms in total. The minimum atomic E-state index is -0.205. The van der Waals surface area contributed by atoms with E-state index in [1.807, 2.05) is 0 Å². The van der Waals surface area contributed by atoms with E-state index in [9.17, 15) is 0 Å². The summed E-state index contributed by atoms with van der Waals surface area (Å²) in [5.41, 5.74) is 13.7. The number of aromatic nitrogens is 1. The molecule has 1 aliphatic carbocycles. The molecule has 8 aromatic rings. The average Bonchev–Trinajstić information content (AvgIpc) is 3.65. The van der Waals surface area contributed by atoms with E-state index in [1.165, 1.54) is 55.0 Å². The van der Waals surface area contributed by atoms with Gasteiger partial charge >= 0.3 is 6.85 Å². The molecule has 0 bridgehead atoms. The number of hydrogen-bond donors (Lipinski definition) is 0. The Bertz CT molecular complexity index is 2410. The van der Waals surface area contributed by atoms with Crippen molar-refractivity contribution >= 4 is 61.5 Å².